The second kappa shape index (κ2) is 10.8. The number of esters is 1. The van der Waals surface area contributed by atoms with Gasteiger partial charge in [0.25, 0.3) is 11.7 Å². The zero-order valence-corrected chi connectivity index (χ0v) is 21.3. The molecule has 1 saturated heterocycles. The number of likely N-dealkylation sites (tertiary alicyclic amines) is 1. The quantitative estimate of drug-likeness (QED) is 0.218. The van der Waals surface area contributed by atoms with Crippen molar-refractivity contribution >= 4 is 23.4 Å². The first-order chi connectivity index (χ1) is 17.7. The molecule has 1 aliphatic heterocycles. The first-order valence-corrected chi connectivity index (χ1v) is 12.0. The van der Waals surface area contributed by atoms with E-state index in [2.05, 4.69) is 5.10 Å². The van der Waals surface area contributed by atoms with Crippen LogP contribution in [0.3, 0.4) is 0 Å². The molecule has 0 spiro atoms. The number of amides is 1. The molecular weight excluding hydrogens is 472 g/mol. The van der Waals surface area contributed by atoms with Crippen LogP contribution in [0.5, 0.6) is 0 Å². The van der Waals surface area contributed by atoms with Gasteiger partial charge in [0.05, 0.1) is 47.4 Å². The highest BCUT2D eigenvalue weighted by Gasteiger charge is 2.46. The highest BCUT2D eigenvalue weighted by atomic mass is 16.5. The van der Waals surface area contributed by atoms with Crippen molar-refractivity contribution in [2.45, 2.75) is 19.4 Å². The normalized spacial score (nSPS) is 17.0. The molecule has 1 atom stereocenters. The van der Waals surface area contributed by atoms with Crippen LogP contribution in [0.4, 0.5) is 0 Å². The number of hydrogen-bond donors (Lipinski definition) is 1. The van der Waals surface area contributed by atoms with Crippen LogP contribution in [0.15, 0.2) is 66.4 Å². The van der Waals surface area contributed by atoms with Gasteiger partial charge < -0.3 is 19.6 Å². The van der Waals surface area contributed by atoms with Crippen molar-refractivity contribution in [2.75, 3.05) is 34.3 Å². The van der Waals surface area contributed by atoms with Crippen LogP contribution in [0, 0.1) is 6.92 Å². The molecule has 1 aromatic heterocycles. The molecular formula is C28H30N4O5. The maximum atomic E-state index is 13.3. The van der Waals surface area contributed by atoms with Crippen LogP contribution in [0.1, 0.15) is 39.6 Å². The topological polar surface area (TPSA) is 105 Å². The smallest absolute Gasteiger partial charge is 0.337 e. The number of Topliss-reactive ketones (excluding diaryl/α,β-unsaturated/α-hetero) is 1. The van der Waals surface area contributed by atoms with Crippen molar-refractivity contribution in [2.24, 2.45) is 0 Å². The van der Waals surface area contributed by atoms with Gasteiger partial charge in [-0.1, -0.05) is 30.3 Å². The van der Waals surface area contributed by atoms with Crippen LogP contribution in [0.2, 0.25) is 0 Å². The molecule has 4 rings (SSSR count). The third-order valence-corrected chi connectivity index (χ3v) is 6.46. The van der Waals surface area contributed by atoms with Crippen molar-refractivity contribution < 1.29 is 24.2 Å². The molecule has 0 aliphatic carbocycles. The fourth-order valence-corrected chi connectivity index (χ4v) is 4.55. The lowest BCUT2D eigenvalue weighted by molar-refractivity contribution is -0.139. The average molecular weight is 503 g/mol. The number of aliphatic hydroxyl groups excluding tert-OH is 1. The lowest BCUT2D eigenvalue weighted by Gasteiger charge is -2.26. The number of benzene rings is 2. The number of carbonyl (C=O) groups excluding carboxylic acids is 3. The van der Waals surface area contributed by atoms with Crippen molar-refractivity contribution in [3.63, 3.8) is 0 Å². The third-order valence-electron chi connectivity index (χ3n) is 6.46. The van der Waals surface area contributed by atoms with Crippen molar-refractivity contribution in [3.8, 4) is 5.69 Å². The molecule has 9 heteroatoms. The molecule has 1 aliphatic rings. The van der Waals surface area contributed by atoms with Crippen molar-refractivity contribution in [3.05, 3.63) is 88.8 Å². The SMILES string of the molecule is COC(=O)c1ccc([C@H]2/C(=C(\O)c3cnn(-c4ccccc4)c3C)C(=O)C(=O)N2CCCN(C)C)cc1. The van der Waals surface area contributed by atoms with Crippen LogP contribution >= 0.6 is 0 Å². The molecule has 0 unspecified atom stereocenters. The van der Waals surface area contributed by atoms with E-state index in [4.69, 9.17) is 4.74 Å². The summed E-state index contributed by atoms with van der Waals surface area (Å²) in [6.07, 6.45) is 2.14. The number of ketones is 1. The maximum absolute atomic E-state index is 13.3. The van der Waals surface area contributed by atoms with Gasteiger partial charge in [-0.2, -0.15) is 5.10 Å². The Morgan fingerprint density at radius 3 is 2.38 bits per heavy atom. The molecule has 0 saturated carbocycles. The van der Waals surface area contributed by atoms with E-state index in [9.17, 15) is 19.5 Å². The zero-order valence-electron chi connectivity index (χ0n) is 21.3. The summed E-state index contributed by atoms with van der Waals surface area (Å²) in [4.78, 5) is 41.9. The molecule has 3 aromatic rings. The minimum atomic E-state index is -0.812. The van der Waals surface area contributed by atoms with Gasteiger partial charge in [0.1, 0.15) is 5.76 Å². The fraction of sp³-hybridized carbons (Fsp3) is 0.286. The van der Waals surface area contributed by atoms with E-state index in [0.29, 0.717) is 35.3 Å². The number of ether oxygens (including phenoxy) is 1. The number of methoxy groups -OCH3 is 1. The van der Waals surface area contributed by atoms with Crippen LogP contribution in [0.25, 0.3) is 11.4 Å². The van der Waals surface area contributed by atoms with Crippen molar-refractivity contribution in [1.29, 1.82) is 0 Å². The van der Waals surface area contributed by atoms with E-state index in [-0.39, 0.29) is 11.3 Å². The minimum absolute atomic E-state index is 0.00335. The standard InChI is InChI=1S/C28H30N4O5/c1-18-22(17-29-32(18)21-9-6-5-7-10-21)25(33)23-24(19-11-13-20(14-12-19)28(36)37-4)31(27(35)26(23)34)16-8-15-30(2)3/h5-7,9-14,17,24,33H,8,15-16H2,1-4H3/b25-23+/t24-/m0/s1. The van der Waals surface area contributed by atoms with Crippen molar-refractivity contribution in [1.82, 2.24) is 19.6 Å². The summed E-state index contributed by atoms with van der Waals surface area (Å²) in [6.45, 7) is 2.84. The monoisotopic (exact) mass is 502 g/mol. The summed E-state index contributed by atoms with van der Waals surface area (Å²) >= 11 is 0. The highest BCUT2D eigenvalue weighted by molar-refractivity contribution is 6.46. The van der Waals surface area contributed by atoms with Crippen LogP contribution < -0.4 is 0 Å². The first kappa shape index (κ1) is 25.8. The Hall–Kier alpha value is -4.24. The first-order valence-electron chi connectivity index (χ1n) is 12.0. The molecule has 1 amide bonds. The van der Waals surface area contributed by atoms with E-state index in [1.807, 2.05) is 49.3 Å². The van der Waals surface area contributed by atoms with Gasteiger partial charge >= 0.3 is 5.97 Å². The molecule has 0 bridgehead atoms. The number of carbonyl (C=O) groups is 3. The van der Waals surface area contributed by atoms with E-state index in [1.54, 1.807) is 35.9 Å². The van der Waals surface area contributed by atoms with Gasteiger partial charge in [-0.3, -0.25) is 9.59 Å². The largest absolute Gasteiger partial charge is 0.507 e. The zero-order chi connectivity index (χ0) is 26.7. The second-order valence-corrected chi connectivity index (χ2v) is 9.15. The Morgan fingerprint density at radius 1 is 1.08 bits per heavy atom. The number of aromatic nitrogens is 2. The lowest BCUT2D eigenvalue weighted by Crippen LogP contribution is -2.32. The van der Waals surface area contributed by atoms with Gasteiger partial charge in [0.2, 0.25) is 0 Å². The summed E-state index contributed by atoms with van der Waals surface area (Å²) in [7, 11) is 5.17. The highest BCUT2D eigenvalue weighted by Crippen LogP contribution is 2.40. The summed E-state index contributed by atoms with van der Waals surface area (Å²) < 4.78 is 6.45. The molecule has 2 heterocycles. The lowest BCUT2D eigenvalue weighted by atomic mass is 9.94. The molecule has 192 valence electrons. The van der Waals surface area contributed by atoms with Gasteiger partial charge in [0.15, 0.2) is 0 Å². The van der Waals surface area contributed by atoms with Crippen LogP contribution in [-0.4, -0.2) is 76.6 Å². The van der Waals surface area contributed by atoms with Crippen LogP contribution in [-0.2, 0) is 14.3 Å². The molecule has 1 N–H and O–H groups in total. The molecule has 2 aromatic carbocycles. The summed E-state index contributed by atoms with van der Waals surface area (Å²) in [5.41, 5.74) is 2.74. The average Bonchev–Trinajstić information content (AvgIpc) is 3.41. The van der Waals surface area contributed by atoms with Gasteiger partial charge in [-0.15, -0.1) is 0 Å². The summed E-state index contributed by atoms with van der Waals surface area (Å²) in [5, 5.41) is 15.8. The molecule has 0 radical (unpaired) electrons. The third kappa shape index (κ3) is 5.03. The van der Waals surface area contributed by atoms with E-state index >= 15 is 0 Å². The second-order valence-electron chi connectivity index (χ2n) is 9.15. The van der Waals surface area contributed by atoms with Gasteiger partial charge in [-0.05, 0) is 63.8 Å². The number of para-hydroxylation sites is 1. The number of nitrogens with zero attached hydrogens (tertiary/aromatic N) is 4. The maximum Gasteiger partial charge on any atom is 0.337 e. The Balaban J connectivity index is 1.81. The number of aliphatic hydroxyl groups is 1. The predicted octanol–water partition coefficient (Wildman–Crippen LogP) is 3.34. The predicted molar refractivity (Wildman–Crippen MR) is 138 cm³/mol. The summed E-state index contributed by atoms with van der Waals surface area (Å²) in [6, 6.07) is 15.1. The Morgan fingerprint density at radius 2 is 1.76 bits per heavy atom. The Labute approximate surface area is 215 Å². The van der Waals surface area contributed by atoms with E-state index in [0.717, 1.165) is 12.2 Å². The fourth-order valence-electron chi connectivity index (χ4n) is 4.55. The van der Waals surface area contributed by atoms with E-state index < -0.39 is 23.7 Å². The number of hydrogen-bond acceptors (Lipinski definition) is 7. The Bertz CT molecular complexity index is 1340. The molecule has 37 heavy (non-hydrogen) atoms. The summed E-state index contributed by atoms with van der Waals surface area (Å²) in [5.74, 6) is -2.20. The number of rotatable bonds is 8. The Kier molecular flexibility index (Phi) is 7.54. The van der Waals surface area contributed by atoms with E-state index in [1.165, 1.54) is 18.2 Å². The molecule has 9 nitrogen and oxygen atoms in total. The minimum Gasteiger partial charge on any atom is -0.507 e. The van der Waals surface area contributed by atoms with Gasteiger partial charge in [0, 0.05) is 6.54 Å². The van der Waals surface area contributed by atoms with Gasteiger partial charge in [-0.25, -0.2) is 9.48 Å². The molecule has 1 fully saturated rings.